The van der Waals surface area contributed by atoms with Crippen LogP contribution in [0.5, 0.6) is 0 Å². The average molecular weight is 380 g/mol. The summed E-state index contributed by atoms with van der Waals surface area (Å²) in [5.41, 5.74) is 5.17. The van der Waals surface area contributed by atoms with E-state index < -0.39 is 11.9 Å². The number of aliphatic carboxylic acids is 2. The van der Waals surface area contributed by atoms with Crippen LogP contribution in [0.15, 0.2) is 57.8 Å². The van der Waals surface area contributed by atoms with Crippen molar-refractivity contribution in [1.29, 1.82) is 0 Å². The molecule has 0 aliphatic heterocycles. The van der Waals surface area contributed by atoms with Gasteiger partial charge in [-0.1, -0.05) is 24.3 Å². The molecule has 0 unspecified atom stereocenters. The van der Waals surface area contributed by atoms with E-state index in [2.05, 4.69) is 0 Å². The quantitative estimate of drug-likeness (QED) is 0.530. The first kappa shape index (κ1) is 19.2. The van der Waals surface area contributed by atoms with Crippen molar-refractivity contribution in [1.82, 2.24) is 0 Å². The minimum Gasteiger partial charge on any atom is -0.481 e. The number of hydrogen-bond donors (Lipinski definition) is 2. The normalized spacial score (nSPS) is 10.6. The zero-order chi connectivity index (χ0) is 20.3. The van der Waals surface area contributed by atoms with E-state index >= 15 is 0 Å². The lowest BCUT2D eigenvalue weighted by atomic mass is 10.1. The third-order valence-corrected chi connectivity index (χ3v) is 4.31. The Bertz CT molecular complexity index is 1060. The Hall–Kier alpha value is -3.54. The van der Waals surface area contributed by atoms with Crippen LogP contribution in [0.1, 0.15) is 22.3 Å². The highest BCUT2D eigenvalue weighted by molar-refractivity contribution is 5.86. The zero-order valence-corrected chi connectivity index (χ0v) is 15.6. The van der Waals surface area contributed by atoms with Crippen LogP contribution in [0.3, 0.4) is 0 Å². The van der Waals surface area contributed by atoms with Crippen molar-refractivity contribution in [3.63, 3.8) is 0 Å². The Morgan fingerprint density at radius 1 is 0.750 bits per heavy atom. The van der Waals surface area contributed by atoms with E-state index in [4.69, 9.17) is 19.0 Å². The van der Waals surface area contributed by atoms with Crippen molar-refractivity contribution in [3.8, 4) is 0 Å². The Kier molecular flexibility index (Phi) is 5.49. The number of benzene rings is 2. The van der Waals surface area contributed by atoms with Crippen molar-refractivity contribution in [2.45, 2.75) is 26.7 Å². The highest BCUT2D eigenvalue weighted by Crippen LogP contribution is 2.23. The number of furan rings is 2. The zero-order valence-electron chi connectivity index (χ0n) is 15.6. The maximum atomic E-state index is 10.5. The maximum Gasteiger partial charge on any atom is 0.307 e. The Balaban J connectivity index is 0.000000161. The second kappa shape index (κ2) is 8.00. The predicted molar refractivity (Wildman–Crippen MR) is 105 cm³/mol. The molecule has 0 spiro atoms. The summed E-state index contributed by atoms with van der Waals surface area (Å²) >= 11 is 0. The second-order valence-electron chi connectivity index (χ2n) is 6.66. The molecule has 0 amide bonds. The van der Waals surface area contributed by atoms with Gasteiger partial charge in [0.1, 0.15) is 11.2 Å². The molecule has 0 saturated heterocycles. The van der Waals surface area contributed by atoms with Crippen LogP contribution in [0, 0.1) is 13.8 Å². The summed E-state index contributed by atoms with van der Waals surface area (Å²) < 4.78 is 10.5. The van der Waals surface area contributed by atoms with Gasteiger partial charge in [-0.3, -0.25) is 9.59 Å². The van der Waals surface area contributed by atoms with Crippen LogP contribution in [0.2, 0.25) is 0 Å². The fraction of sp³-hybridized carbons (Fsp3) is 0.182. The lowest BCUT2D eigenvalue weighted by molar-refractivity contribution is -0.137. The number of fused-ring (bicyclic) bond motifs is 2. The smallest absolute Gasteiger partial charge is 0.307 e. The Labute approximate surface area is 161 Å². The number of aryl methyl sites for hydroxylation is 2. The topological polar surface area (TPSA) is 101 Å². The van der Waals surface area contributed by atoms with E-state index in [0.717, 1.165) is 44.2 Å². The standard InChI is InChI=1S/2C11H10O3/c2*1-7-2-3-9-8(5-11(12)13)6-14-10(9)4-7/h2*2-4,6H,5H2,1H3,(H,12,13). The van der Waals surface area contributed by atoms with Gasteiger partial charge < -0.3 is 19.0 Å². The summed E-state index contributed by atoms with van der Waals surface area (Å²) in [5, 5.41) is 19.1. The second-order valence-corrected chi connectivity index (χ2v) is 6.66. The highest BCUT2D eigenvalue weighted by Gasteiger charge is 2.09. The molecule has 0 saturated carbocycles. The summed E-state index contributed by atoms with van der Waals surface area (Å²) in [6, 6.07) is 11.5. The van der Waals surface area contributed by atoms with Gasteiger partial charge in [0.05, 0.1) is 25.4 Å². The summed E-state index contributed by atoms with van der Waals surface area (Å²) in [4.78, 5) is 21.1. The monoisotopic (exact) mass is 380 g/mol. The van der Waals surface area contributed by atoms with Gasteiger partial charge in [-0.2, -0.15) is 0 Å². The van der Waals surface area contributed by atoms with E-state index in [9.17, 15) is 9.59 Å². The van der Waals surface area contributed by atoms with Gasteiger partial charge >= 0.3 is 11.9 Å². The minimum atomic E-state index is -0.840. The van der Waals surface area contributed by atoms with Gasteiger partial charge in [-0.05, 0) is 37.1 Å². The van der Waals surface area contributed by atoms with Crippen LogP contribution < -0.4 is 0 Å². The predicted octanol–water partition coefficient (Wildman–Crippen LogP) is 4.74. The van der Waals surface area contributed by atoms with Crippen LogP contribution in [0.25, 0.3) is 21.9 Å². The van der Waals surface area contributed by atoms with Crippen molar-refractivity contribution >= 4 is 33.9 Å². The first-order chi connectivity index (χ1) is 13.3. The van der Waals surface area contributed by atoms with E-state index in [1.165, 1.54) is 12.5 Å². The molecule has 0 atom stereocenters. The van der Waals surface area contributed by atoms with Gasteiger partial charge in [0.2, 0.25) is 0 Å². The first-order valence-electron chi connectivity index (χ1n) is 8.70. The van der Waals surface area contributed by atoms with E-state index in [-0.39, 0.29) is 12.8 Å². The van der Waals surface area contributed by atoms with Crippen LogP contribution >= 0.6 is 0 Å². The van der Waals surface area contributed by atoms with Crippen molar-refractivity contribution in [2.75, 3.05) is 0 Å². The molecule has 2 N–H and O–H groups in total. The van der Waals surface area contributed by atoms with E-state index in [1.54, 1.807) is 0 Å². The molecular formula is C22H20O6. The number of carboxylic acids is 2. The van der Waals surface area contributed by atoms with Crippen molar-refractivity contribution in [3.05, 3.63) is 71.2 Å². The van der Waals surface area contributed by atoms with Gasteiger partial charge in [0.15, 0.2) is 0 Å². The molecule has 2 aromatic carbocycles. The highest BCUT2D eigenvalue weighted by atomic mass is 16.4. The van der Waals surface area contributed by atoms with Gasteiger partial charge in [-0.25, -0.2) is 0 Å². The Morgan fingerprint density at radius 2 is 1.14 bits per heavy atom. The number of carboxylic acid groups (broad SMARTS) is 2. The summed E-state index contributed by atoms with van der Waals surface area (Å²) in [7, 11) is 0. The SMILES string of the molecule is Cc1ccc2c(CC(=O)O)coc2c1.Cc1ccc2c(CC(=O)O)coc2c1. The molecule has 0 radical (unpaired) electrons. The minimum absolute atomic E-state index is 0.00998. The van der Waals surface area contributed by atoms with Crippen molar-refractivity contribution in [2.24, 2.45) is 0 Å². The lowest BCUT2D eigenvalue weighted by Gasteiger charge is -1.93. The van der Waals surface area contributed by atoms with Gasteiger partial charge in [0.25, 0.3) is 0 Å². The summed E-state index contributed by atoms with van der Waals surface area (Å²) in [6.07, 6.45) is 3.04. The fourth-order valence-electron chi connectivity index (χ4n) is 2.98. The lowest BCUT2D eigenvalue weighted by Crippen LogP contribution is -1.98. The maximum absolute atomic E-state index is 10.5. The Morgan fingerprint density at radius 3 is 1.50 bits per heavy atom. The van der Waals surface area contributed by atoms with Crippen LogP contribution in [-0.2, 0) is 22.4 Å². The van der Waals surface area contributed by atoms with Crippen LogP contribution in [-0.4, -0.2) is 22.2 Å². The summed E-state index contributed by atoms with van der Waals surface area (Å²) in [5.74, 6) is -1.68. The third kappa shape index (κ3) is 4.40. The molecule has 144 valence electrons. The van der Waals surface area contributed by atoms with E-state index in [1.807, 2.05) is 50.2 Å². The molecule has 2 heterocycles. The van der Waals surface area contributed by atoms with Crippen LogP contribution in [0.4, 0.5) is 0 Å². The summed E-state index contributed by atoms with van der Waals surface area (Å²) in [6.45, 7) is 3.94. The van der Waals surface area contributed by atoms with E-state index in [0.29, 0.717) is 0 Å². The fourth-order valence-corrected chi connectivity index (χ4v) is 2.98. The number of hydrogen-bond acceptors (Lipinski definition) is 4. The molecular weight excluding hydrogens is 360 g/mol. The number of carbonyl (C=O) groups is 2. The largest absolute Gasteiger partial charge is 0.481 e. The molecule has 4 aromatic rings. The molecule has 2 aromatic heterocycles. The first-order valence-corrected chi connectivity index (χ1v) is 8.70. The molecule has 6 heteroatoms. The third-order valence-electron chi connectivity index (χ3n) is 4.31. The average Bonchev–Trinajstić information content (AvgIpc) is 3.18. The molecule has 0 bridgehead atoms. The molecule has 0 aliphatic rings. The molecule has 0 aliphatic carbocycles. The molecule has 4 rings (SSSR count). The van der Waals surface area contributed by atoms with Gasteiger partial charge in [-0.15, -0.1) is 0 Å². The molecule has 28 heavy (non-hydrogen) atoms. The number of rotatable bonds is 4. The molecule has 0 fully saturated rings. The van der Waals surface area contributed by atoms with Gasteiger partial charge in [0, 0.05) is 21.9 Å². The molecule has 6 nitrogen and oxygen atoms in total. The van der Waals surface area contributed by atoms with Crippen molar-refractivity contribution < 1.29 is 28.6 Å².